The molecule has 4 atom stereocenters. The summed E-state index contributed by atoms with van der Waals surface area (Å²) in [6.45, 7) is -0.600. The Balaban J connectivity index is 1.38. The summed E-state index contributed by atoms with van der Waals surface area (Å²) in [6.07, 6.45) is -1.85. The lowest BCUT2D eigenvalue weighted by atomic mass is 10.0. The molecule has 1 fully saturated rings. The summed E-state index contributed by atoms with van der Waals surface area (Å²) in [5.74, 6) is -2.69. The lowest BCUT2D eigenvalue weighted by Gasteiger charge is -2.30. The molecule has 212 valence electrons. The van der Waals surface area contributed by atoms with E-state index in [9.17, 15) is 33.1 Å². The van der Waals surface area contributed by atoms with Crippen molar-refractivity contribution < 1.29 is 37.5 Å². The van der Waals surface area contributed by atoms with E-state index in [0.717, 1.165) is 4.90 Å². The highest BCUT2D eigenvalue weighted by Crippen LogP contribution is 2.23. The maximum atomic E-state index is 13.9. The van der Waals surface area contributed by atoms with Crippen LogP contribution in [-0.4, -0.2) is 71.1 Å². The van der Waals surface area contributed by atoms with Crippen LogP contribution in [0.25, 0.3) is 11.0 Å². The second kappa shape index (κ2) is 12.4. The predicted octanol–water partition coefficient (Wildman–Crippen LogP) is 2.71. The third-order valence-corrected chi connectivity index (χ3v) is 6.84. The molecule has 3 aromatic rings. The number of fused-ring (bicyclic) bond motifs is 1. The number of Topliss-reactive ketones (excluding diaryl/α,β-unsaturated/α-hetero) is 1. The summed E-state index contributed by atoms with van der Waals surface area (Å²) < 4.78 is 33.3. The van der Waals surface area contributed by atoms with E-state index in [-0.39, 0.29) is 24.3 Å². The molecule has 0 aliphatic carbocycles. The first-order valence-corrected chi connectivity index (χ1v) is 12.8. The average molecular weight is 577 g/mol. The molecule has 1 aliphatic rings. The van der Waals surface area contributed by atoms with Gasteiger partial charge in [-0.15, -0.1) is 0 Å². The molecule has 0 saturated carbocycles. The number of ketones is 1. The van der Waals surface area contributed by atoms with E-state index in [2.05, 4.69) is 16.0 Å². The molecule has 0 spiro atoms. The Kier molecular flexibility index (Phi) is 9.00. The second-order valence-electron chi connectivity index (χ2n) is 9.42. The molecular formula is C27H27ClF2N4O6. The van der Waals surface area contributed by atoms with Crippen molar-refractivity contribution in [3.8, 4) is 0 Å². The monoisotopic (exact) mass is 576 g/mol. The lowest BCUT2D eigenvalue weighted by Crippen LogP contribution is -2.52. The summed E-state index contributed by atoms with van der Waals surface area (Å²) >= 11 is 5.95. The van der Waals surface area contributed by atoms with Crippen LogP contribution >= 0.6 is 11.6 Å². The first-order chi connectivity index (χ1) is 19.1. The van der Waals surface area contributed by atoms with Gasteiger partial charge in [-0.3, -0.25) is 14.4 Å². The molecule has 1 saturated heterocycles. The van der Waals surface area contributed by atoms with Gasteiger partial charge in [0.2, 0.25) is 5.91 Å². The fourth-order valence-electron chi connectivity index (χ4n) is 4.35. The van der Waals surface area contributed by atoms with Gasteiger partial charge in [-0.25, -0.2) is 13.6 Å². The van der Waals surface area contributed by atoms with Gasteiger partial charge < -0.3 is 30.4 Å². The van der Waals surface area contributed by atoms with Crippen molar-refractivity contribution >= 4 is 46.2 Å². The molecule has 0 bridgehead atoms. The first-order valence-electron chi connectivity index (χ1n) is 12.4. The number of benzene rings is 2. The van der Waals surface area contributed by atoms with E-state index in [1.807, 2.05) is 0 Å². The van der Waals surface area contributed by atoms with Crippen molar-refractivity contribution in [2.75, 3.05) is 13.2 Å². The zero-order chi connectivity index (χ0) is 29.0. The van der Waals surface area contributed by atoms with Crippen molar-refractivity contribution in [3.63, 3.8) is 0 Å². The fraction of sp³-hybridized carbons (Fsp3) is 0.333. The van der Waals surface area contributed by atoms with Crippen LogP contribution in [0.15, 0.2) is 52.9 Å². The van der Waals surface area contributed by atoms with Gasteiger partial charge in [0.1, 0.15) is 24.1 Å². The summed E-state index contributed by atoms with van der Waals surface area (Å²) in [6, 6.07) is 7.41. The quantitative estimate of drug-likeness (QED) is 0.341. The zero-order valence-corrected chi connectivity index (χ0v) is 22.1. The molecular weight excluding hydrogens is 550 g/mol. The van der Waals surface area contributed by atoms with Gasteiger partial charge in [0.15, 0.2) is 11.5 Å². The molecule has 4 amide bonds. The maximum absolute atomic E-state index is 13.9. The number of hydrogen-bond donors (Lipinski definition) is 4. The minimum Gasteiger partial charge on any atom is -0.451 e. The van der Waals surface area contributed by atoms with Crippen LogP contribution < -0.4 is 16.0 Å². The van der Waals surface area contributed by atoms with Crippen LogP contribution in [0.5, 0.6) is 0 Å². The van der Waals surface area contributed by atoms with E-state index in [1.165, 1.54) is 31.2 Å². The summed E-state index contributed by atoms with van der Waals surface area (Å²) in [5.41, 5.74) is 0.608. The molecule has 13 heteroatoms. The molecule has 2 aromatic carbocycles. The van der Waals surface area contributed by atoms with E-state index in [4.69, 9.17) is 16.0 Å². The second-order valence-corrected chi connectivity index (χ2v) is 9.85. The number of aliphatic hydroxyl groups is 1. The SMILES string of the molecule is C[C@H](NC(=O)c1cc2cc(Cl)ccc2o1)C(=O)N[C@H]1CC(O)C(CF)N(C(=O)NCc2ccccc2F)CC1=O. The minimum absolute atomic E-state index is 0.0549. The standard InChI is InChI=1S/C27H27ClF2N4O6/c1-14(32-26(38)24-9-16-8-17(28)6-7-23(16)40-24)25(37)33-19-10-21(35)20(11-29)34(13-22(19)36)27(39)31-12-15-4-2-3-5-18(15)30/h2-9,14,19-21,35H,10-13H2,1H3,(H,31,39)(H,32,38)(H,33,37)/t14-,19-,20?,21?/m0/s1. The number of urea groups is 1. The lowest BCUT2D eigenvalue weighted by molar-refractivity contribution is -0.128. The van der Waals surface area contributed by atoms with Crippen molar-refractivity contribution in [1.29, 1.82) is 0 Å². The molecule has 10 nitrogen and oxygen atoms in total. The van der Waals surface area contributed by atoms with Crippen LogP contribution in [-0.2, 0) is 16.1 Å². The van der Waals surface area contributed by atoms with E-state index >= 15 is 0 Å². The smallest absolute Gasteiger partial charge is 0.318 e. The van der Waals surface area contributed by atoms with Crippen molar-refractivity contribution in [2.45, 2.75) is 44.1 Å². The molecule has 1 aromatic heterocycles. The molecule has 4 rings (SSSR count). The van der Waals surface area contributed by atoms with Gasteiger partial charge in [0, 0.05) is 28.9 Å². The zero-order valence-electron chi connectivity index (χ0n) is 21.3. The molecule has 1 aliphatic heterocycles. The number of halogens is 3. The number of aliphatic hydroxyl groups excluding tert-OH is 1. The number of rotatable bonds is 7. The fourth-order valence-corrected chi connectivity index (χ4v) is 4.53. The largest absolute Gasteiger partial charge is 0.451 e. The first kappa shape index (κ1) is 29.0. The van der Waals surface area contributed by atoms with Gasteiger partial charge >= 0.3 is 6.03 Å². The topological polar surface area (TPSA) is 141 Å². The highest BCUT2D eigenvalue weighted by Gasteiger charge is 2.40. The van der Waals surface area contributed by atoms with Gasteiger partial charge in [0.05, 0.1) is 24.7 Å². The van der Waals surface area contributed by atoms with Crippen LogP contribution in [0.4, 0.5) is 13.6 Å². The number of nitrogens with zero attached hydrogens (tertiary/aromatic N) is 1. The molecule has 0 radical (unpaired) electrons. The van der Waals surface area contributed by atoms with Gasteiger partial charge in [0.25, 0.3) is 5.91 Å². The number of amides is 4. The minimum atomic E-state index is -1.49. The Hall–Kier alpha value is -4.03. The number of nitrogens with one attached hydrogen (secondary N) is 3. The number of likely N-dealkylation sites (tertiary alicyclic amines) is 1. The van der Waals surface area contributed by atoms with E-state index in [1.54, 1.807) is 24.3 Å². The average Bonchev–Trinajstić information content (AvgIpc) is 3.30. The third kappa shape index (κ3) is 6.57. The Bertz CT molecular complexity index is 1430. The molecule has 40 heavy (non-hydrogen) atoms. The molecule has 2 heterocycles. The van der Waals surface area contributed by atoms with Crippen LogP contribution in [0, 0.1) is 5.82 Å². The van der Waals surface area contributed by atoms with Crippen LogP contribution in [0.1, 0.15) is 29.5 Å². The van der Waals surface area contributed by atoms with Crippen molar-refractivity contribution in [1.82, 2.24) is 20.9 Å². The normalized spacial score (nSPS) is 20.1. The number of carbonyl (C=O) groups is 4. The Morgan fingerprint density at radius 1 is 1.20 bits per heavy atom. The highest BCUT2D eigenvalue weighted by atomic mass is 35.5. The van der Waals surface area contributed by atoms with Gasteiger partial charge in [-0.1, -0.05) is 29.8 Å². The highest BCUT2D eigenvalue weighted by molar-refractivity contribution is 6.31. The van der Waals surface area contributed by atoms with Crippen LogP contribution in [0.3, 0.4) is 0 Å². The number of furan rings is 1. The van der Waals surface area contributed by atoms with Gasteiger partial charge in [-0.05, 0) is 37.3 Å². The Labute approximate surface area is 232 Å². The van der Waals surface area contributed by atoms with Crippen molar-refractivity contribution in [2.24, 2.45) is 0 Å². The summed E-state index contributed by atoms with van der Waals surface area (Å²) in [5, 5.41) is 19.0. The summed E-state index contributed by atoms with van der Waals surface area (Å²) in [7, 11) is 0. The number of alkyl halides is 1. The molecule has 4 N–H and O–H groups in total. The third-order valence-electron chi connectivity index (χ3n) is 6.60. The Morgan fingerprint density at radius 2 is 1.95 bits per heavy atom. The predicted molar refractivity (Wildman–Crippen MR) is 141 cm³/mol. The van der Waals surface area contributed by atoms with E-state index in [0.29, 0.717) is 16.0 Å². The molecule has 2 unspecified atom stereocenters. The van der Waals surface area contributed by atoms with Gasteiger partial charge in [-0.2, -0.15) is 0 Å². The maximum Gasteiger partial charge on any atom is 0.318 e. The van der Waals surface area contributed by atoms with Crippen molar-refractivity contribution in [3.05, 3.63) is 70.7 Å². The van der Waals surface area contributed by atoms with E-state index < -0.39 is 66.9 Å². The van der Waals surface area contributed by atoms with Crippen LogP contribution in [0.2, 0.25) is 5.02 Å². The number of hydrogen-bond acceptors (Lipinski definition) is 6. The summed E-state index contributed by atoms with van der Waals surface area (Å²) in [4.78, 5) is 52.0. The number of carbonyl (C=O) groups excluding carboxylic acids is 4. The Morgan fingerprint density at radius 3 is 2.67 bits per heavy atom.